The van der Waals surface area contributed by atoms with Crippen molar-refractivity contribution in [2.75, 3.05) is 12.4 Å². The van der Waals surface area contributed by atoms with Gasteiger partial charge in [-0.05, 0) is 0 Å². The molecule has 0 radical (unpaired) electrons. The molecule has 10 heavy (non-hydrogen) atoms. The van der Waals surface area contributed by atoms with Crippen LogP contribution in [0.1, 0.15) is 0 Å². The Balaban J connectivity index is 0. The molecule has 7 heteroatoms. The predicted octanol–water partition coefficient (Wildman–Crippen LogP) is -2.78. The van der Waals surface area contributed by atoms with Crippen LogP contribution in [0, 0.1) is 0 Å². The zero-order valence-electron chi connectivity index (χ0n) is 5.25. The van der Waals surface area contributed by atoms with Crippen LogP contribution < -0.4 is 0 Å². The summed E-state index contributed by atoms with van der Waals surface area (Å²) in [5.41, 5.74) is 0. The molecule has 0 aromatic rings. The van der Waals surface area contributed by atoms with Gasteiger partial charge in [-0.25, -0.2) is 0 Å². The highest BCUT2D eigenvalue weighted by Gasteiger charge is 1.93. The van der Waals surface area contributed by atoms with Gasteiger partial charge in [-0.15, -0.1) is 0 Å². The minimum Gasteiger partial charge on any atom is -0.402 e. The average molecular weight is 170 g/mol. The summed E-state index contributed by atoms with van der Waals surface area (Å²) in [6.45, 7) is -0.191. The van der Waals surface area contributed by atoms with Crippen LogP contribution in [0.5, 0.6) is 0 Å². The van der Waals surface area contributed by atoms with Crippen LogP contribution >= 0.6 is 12.6 Å². The Bertz CT molecular complexity index is 56.1. The summed E-state index contributed by atoms with van der Waals surface area (Å²) in [6.07, 6.45) is -0.645. The summed E-state index contributed by atoms with van der Waals surface area (Å²) in [6, 6.07) is 0. The largest absolute Gasteiger partial charge is 0.631 e. The molecule has 0 saturated heterocycles. The number of rotatable bonds is 2. The second kappa shape index (κ2) is 9.21. The molecule has 0 fully saturated rings. The molecule has 5 N–H and O–H groups in total. The van der Waals surface area contributed by atoms with Crippen molar-refractivity contribution in [3.8, 4) is 0 Å². The maximum absolute atomic E-state index is 8.34. The summed E-state index contributed by atoms with van der Waals surface area (Å²) in [7, 11) is -2.17. The van der Waals surface area contributed by atoms with Gasteiger partial charge in [-0.1, -0.05) is 0 Å². The molecule has 0 aromatic heterocycles. The van der Waals surface area contributed by atoms with Gasteiger partial charge < -0.3 is 25.3 Å². The van der Waals surface area contributed by atoms with Crippen LogP contribution in [-0.4, -0.2) is 51.1 Å². The molecule has 0 bridgehead atoms. The predicted molar refractivity (Wildman–Crippen MR) is 39.4 cm³/mol. The highest BCUT2D eigenvalue weighted by molar-refractivity contribution is 7.80. The van der Waals surface area contributed by atoms with Gasteiger partial charge in [0.05, 0.1) is 12.7 Å². The van der Waals surface area contributed by atoms with Crippen molar-refractivity contribution in [3.63, 3.8) is 0 Å². The fourth-order valence-corrected chi connectivity index (χ4v) is 0.173. The molecule has 1 atom stereocenters. The standard InChI is InChI=1S/C3H8O2S.BH3O3/c4-1-3(5)2-6;2-1(3)4/h3-6H,1-2H2;2-4H. The Morgan fingerprint density at radius 1 is 1.30 bits per heavy atom. The van der Waals surface area contributed by atoms with Crippen molar-refractivity contribution in [2.45, 2.75) is 6.10 Å². The van der Waals surface area contributed by atoms with Crippen LogP contribution in [-0.2, 0) is 0 Å². The SMILES string of the molecule is OB(O)O.OCC(O)CS. The van der Waals surface area contributed by atoms with E-state index in [-0.39, 0.29) is 6.61 Å². The van der Waals surface area contributed by atoms with Crippen molar-refractivity contribution < 1.29 is 25.3 Å². The molecule has 62 valence electrons. The summed E-state index contributed by atoms with van der Waals surface area (Å²) < 4.78 is 0. The third-order valence-electron chi connectivity index (χ3n) is 0.421. The maximum Gasteiger partial charge on any atom is 0.631 e. The maximum atomic E-state index is 8.34. The molecule has 0 spiro atoms. The molecule has 0 aromatic carbocycles. The van der Waals surface area contributed by atoms with Gasteiger partial charge in [-0.2, -0.15) is 12.6 Å². The van der Waals surface area contributed by atoms with Gasteiger partial charge in [0.2, 0.25) is 0 Å². The first-order valence-electron chi connectivity index (χ1n) is 2.48. The topological polar surface area (TPSA) is 101 Å². The molecule has 0 aliphatic heterocycles. The molecule has 1 unspecified atom stereocenters. The lowest BCUT2D eigenvalue weighted by atomic mass is 10.3. The Kier molecular flexibility index (Phi) is 11.8. The minimum atomic E-state index is -2.17. The summed E-state index contributed by atoms with van der Waals surface area (Å²) >= 11 is 3.69. The Morgan fingerprint density at radius 2 is 1.60 bits per heavy atom. The van der Waals surface area contributed by atoms with Gasteiger partial charge in [0.1, 0.15) is 0 Å². The second-order valence-electron chi connectivity index (χ2n) is 1.37. The lowest BCUT2D eigenvalue weighted by Gasteiger charge is -1.96. The van der Waals surface area contributed by atoms with E-state index in [2.05, 4.69) is 12.6 Å². The molecule has 0 aliphatic carbocycles. The van der Waals surface area contributed by atoms with Crippen molar-refractivity contribution in [2.24, 2.45) is 0 Å². The summed E-state index contributed by atoms with van der Waals surface area (Å²) in [5.74, 6) is 0.330. The quantitative estimate of drug-likeness (QED) is 0.199. The van der Waals surface area contributed by atoms with E-state index in [1.54, 1.807) is 0 Å². The Labute approximate surface area is 64.5 Å². The van der Waals surface area contributed by atoms with Crippen molar-refractivity contribution in [3.05, 3.63) is 0 Å². The fourth-order valence-electron chi connectivity index (χ4n) is 0.0577. The molecular weight excluding hydrogens is 159 g/mol. The fraction of sp³-hybridized carbons (Fsp3) is 1.00. The smallest absolute Gasteiger partial charge is 0.402 e. The Morgan fingerprint density at radius 3 is 1.60 bits per heavy atom. The minimum absolute atomic E-state index is 0.191. The third-order valence-corrected chi connectivity index (χ3v) is 0.843. The summed E-state index contributed by atoms with van der Waals surface area (Å²) in [5, 5.41) is 37.9. The zero-order chi connectivity index (χ0) is 8.57. The normalized spacial score (nSPS) is 11.4. The van der Waals surface area contributed by atoms with Crippen LogP contribution in [0.15, 0.2) is 0 Å². The van der Waals surface area contributed by atoms with E-state index in [9.17, 15) is 0 Å². The molecule has 0 rings (SSSR count). The molecule has 0 heterocycles. The van der Waals surface area contributed by atoms with E-state index < -0.39 is 13.4 Å². The summed E-state index contributed by atoms with van der Waals surface area (Å²) in [4.78, 5) is 0. The lowest BCUT2D eigenvalue weighted by Crippen LogP contribution is -2.12. The van der Waals surface area contributed by atoms with Gasteiger partial charge in [-0.3, -0.25) is 0 Å². The van der Waals surface area contributed by atoms with Crippen LogP contribution in [0.3, 0.4) is 0 Å². The van der Waals surface area contributed by atoms with E-state index in [4.69, 9.17) is 25.3 Å². The third kappa shape index (κ3) is 24.1. The number of hydrogen-bond donors (Lipinski definition) is 6. The molecule has 0 aliphatic rings. The van der Waals surface area contributed by atoms with E-state index in [1.165, 1.54) is 0 Å². The number of aliphatic hydroxyl groups is 2. The van der Waals surface area contributed by atoms with Gasteiger partial charge in [0.15, 0.2) is 0 Å². The van der Waals surface area contributed by atoms with E-state index in [0.29, 0.717) is 5.75 Å². The van der Waals surface area contributed by atoms with Gasteiger partial charge in [0, 0.05) is 5.75 Å². The van der Waals surface area contributed by atoms with Crippen molar-refractivity contribution in [1.82, 2.24) is 0 Å². The van der Waals surface area contributed by atoms with E-state index in [0.717, 1.165) is 0 Å². The molecular formula is C3H11BO5S. The zero-order valence-corrected chi connectivity index (χ0v) is 6.15. The second-order valence-corrected chi connectivity index (χ2v) is 1.73. The van der Waals surface area contributed by atoms with Gasteiger partial charge >= 0.3 is 7.32 Å². The highest BCUT2D eigenvalue weighted by atomic mass is 32.1. The lowest BCUT2D eigenvalue weighted by molar-refractivity contribution is 0.114. The van der Waals surface area contributed by atoms with Crippen LogP contribution in [0.4, 0.5) is 0 Å². The average Bonchev–Trinajstić information content (AvgIpc) is 1.85. The van der Waals surface area contributed by atoms with E-state index in [1.807, 2.05) is 0 Å². The highest BCUT2D eigenvalue weighted by Crippen LogP contribution is 1.81. The van der Waals surface area contributed by atoms with Gasteiger partial charge in [0.25, 0.3) is 0 Å². The van der Waals surface area contributed by atoms with Crippen LogP contribution in [0.25, 0.3) is 0 Å². The molecule has 0 amide bonds. The van der Waals surface area contributed by atoms with Crippen molar-refractivity contribution in [1.29, 1.82) is 0 Å². The van der Waals surface area contributed by atoms with Crippen LogP contribution in [0.2, 0.25) is 0 Å². The molecule has 0 saturated carbocycles. The first-order valence-corrected chi connectivity index (χ1v) is 3.11. The Hall–Kier alpha value is 0.215. The first-order chi connectivity index (χ1) is 4.54. The monoisotopic (exact) mass is 170 g/mol. The van der Waals surface area contributed by atoms with Crippen molar-refractivity contribution >= 4 is 20.0 Å². The molecule has 5 nitrogen and oxygen atoms in total. The number of thiol groups is 1. The number of hydrogen-bond acceptors (Lipinski definition) is 6. The first kappa shape index (κ1) is 12.9. The van der Waals surface area contributed by atoms with E-state index >= 15 is 0 Å². The number of aliphatic hydroxyl groups excluding tert-OH is 2.